The molecular weight excluding hydrogens is 370 g/mol. The standard InChI is InChI=1S/C23H31NO5/c1-2-3-6-14-20(25)21-17(16-24-19-13-9-8-12-18(19)21)11-7-4-5-10-15-23(28,29)22(26)27/h7-9,11-13,16,20,25,28-29H,2-6,10,14-15H2,1H3,(H,26,27)/b11-7+. The van der Waals surface area contributed by atoms with Crippen molar-refractivity contribution in [3.8, 4) is 0 Å². The Morgan fingerprint density at radius 2 is 1.93 bits per heavy atom. The Bertz CT molecular complexity index is 831. The number of aliphatic hydroxyl groups is 3. The number of carboxylic acid groups (broad SMARTS) is 1. The zero-order valence-electron chi connectivity index (χ0n) is 16.9. The average molecular weight is 402 g/mol. The molecule has 1 aromatic carbocycles. The molecule has 6 heteroatoms. The number of benzene rings is 1. The SMILES string of the molecule is CCCCCC(O)c1c(/C=C/CCCCC(O)(O)C(=O)O)cnc2ccccc12. The lowest BCUT2D eigenvalue weighted by atomic mass is 9.94. The molecule has 0 aliphatic rings. The first-order chi connectivity index (χ1) is 13.9. The van der Waals surface area contributed by atoms with Gasteiger partial charge in [-0.05, 0) is 42.9 Å². The van der Waals surface area contributed by atoms with E-state index >= 15 is 0 Å². The number of allylic oxidation sites excluding steroid dienone is 1. The van der Waals surface area contributed by atoms with Crippen molar-refractivity contribution in [1.29, 1.82) is 0 Å². The third-order valence-corrected chi connectivity index (χ3v) is 5.05. The molecule has 0 saturated carbocycles. The third kappa shape index (κ3) is 6.63. The molecule has 0 spiro atoms. The van der Waals surface area contributed by atoms with Gasteiger partial charge in [0.15, 0.2) is 0 Å². The summed E-state index contributed by atoms with van der Waals surface area (Å²) in [6.07, 6.45) is 10.4. The molecule has 2 aromatic rings. The molecule has 29 heavy (non-hydrogen) atoms. The Hall–Kier alpha value is -2.28. The fourth-order valence-electron chi connectivity index (χ4n) is 3.37. The minimum absolute atomic E-state index is 0.213. The van der Waals surface area contributed by atoms with Crippen molar-refractivity contribution in [3.63, 3.8) is 0 Å². The van der Waals surface area contributed by atoms with Crippen LogP contribution in [0.2, 0.25) is 0 Å². The Morgan fingerprint density at radius 1 is 1.17 bits per heavy atom. The molecule has 0 radical (unpaired) electrons. The van der Waals surface area contributed by atoms with E-state index < -0.39 is 17.9 Å². The number of fused-ring (bicyclic) bond motifs is 1. The van der Waals surface area contributed by atoms with Gasteiger partial charge in [0.1, 0.15) is 0 Å². The van der Waals surface area contributed by atoms with Gasteiger partial charge in [0.25, 0.3) is 5.79 Å². The van der Waals surface area contributed by atoms with Crippen LogP contribution in [0.5, 0.6) is 0 Å². The largest absolute Gasteiger partial charge is 0.477 e. The maximum absolute atomic E-state index is 10.8. The number of unbranched alkanes of at least 4 members (excludes halogenated alkanes) is 4. The molecule has 1 aromatic heterocycles. The van der Waals surface area contributed by atoms with Crippen LogP contribution in [0.15, 0.2) is 36.5 Å². The number of aliphatic carboxylic acids is 1. The smallest absolute Gasteiger partial charge is 0.364 e. The summed E-state index contributed by atoms with van der Waals surface area (Å²) in [6.45, 7) is 2.14. The minimum atomic E-state index is -2.66. The van der Waals surface area contributed by atoms with Gasteiger partial charge in [0.2, 0.25) is 0 Å². The summed E-state index contributed by atoms with van der Waals surface area (Å²) < 4.78 is 0. The zero-order valence-corrected chi connectivity index (χ0v) is 16.9. The zero-order chi connectivity index (χ0) is 21.3. The number of rotatable bonds is 12. The van der Waals surface area contributed by atoms with Gasteiger partial charge in [0.05, 0.1) is 11.6 Å². The van der Waals surface area contributed by atoms with Crippen LogP contribution in [-0.2, 0) is 4.79 Å². The number of para-hydroxylation sites is 1. The van der Waals surface area contributed by atoms with Crippen molar-refractivity contribution in [1.82, 2.24) is 4.98 Å². The third-order valence-electron chi connectivity index (χ3n) is 5.05. The van der Waals surface area contributed by atoms with Crippen molar-refractivity contribution < 1.29 is 25.2 Å². The Morgan fingerprint density at radius 3 is 2.66 bits per heavy atom. The van der Waals surface area contributed by atoms with E-state index in [-0.39, 0.29) is 6.42 Å². The molecular formula is C23H31NO5. The topological polar surface area (TPSA) is 111 Å². The highest BCUT2D eigenvalue weighted by Gasteiger charge is 2.31. The van der Waals surface area contributed by atoms with Crippen LogP contribution in [0, 0.1) is 0 Å². The van der Waals surface area contributed by atoms with Crippen molar-refractivity contribution in [3.05, 3.63) is 47.7 Å². The highest BCUT2D eigenvalue weighted by atomic mass is 16.5. The molecule has 0 aliphatic heterocycles. The molecule has 158 valence electrons. The molecule has 1 unspecified atom stereocenters. The van der Waals surface area contributed by atoms with E-state index in [2.05, 4.69) is 11.9 Å². The van der Waals surface area contributed by atoms with E-state index in [9.17, 15) is 20.1 Å². The average Bonchev–Trinajstić information content (AvgIpc) is 2.70. The lowest BCUT2D eigenvalue weighted by Gasteiger charge is -2.16. The first-order valence-electron chi connectivity index (χ1n) is 10.3. The second-order valence-electron chi connectivity index (χ2n) is 7.43. The molecule has 6 nitrogen and oxygen atoms in total. The second kappa shape index (κ2) is 11.0. The lowest BCUT2D eigenvalue weighted by Crippen LogP contribution is -2.37. The molecule has 0 fully saturated rings. The molecule has 0 aliphatic carbocycles. The maximum Gasteiger partial charge on any atom is 0.364 e. The number of hydrogen-bond donors (Lipinski definition) is 4. The fourth-order valence-corrected chi connectivity index (χ4v) is 3.37. The quantitative estimate of drug-likeness (QED) is 0.313. The van der Waals surface area contributed by atoms with E-state index in [0.29, 0.717) is 25.7 Å². The van der Waals surface area contributed by atoms with E-state index in [1.54, 1.807) is 6.20 Å². The Labute approximate surface area is 171 Å². The molecule has 1 heterocycles. The minimum Gasteiger partial charge on any atom is -0.477 e. The highest BCUT2D eigenvalue weighted by Crippen LogP contribution is 2.30. The van der Waals surface area contributed by atoms with Gasteiger partial charge >= 0.3 is 5.97 Å². The van der Waals surface area contributed by atoms with Crippen LogP contribution >= 0.6 is 0 Å². The summed E-state index contributed by atoms with van der Waals surface area (Å²) in [6, 6.07) is 7.78. The van der Waals surface area contributed by atoms with Crippen molar-refractivity contribution in [2.75, 3.05) is 0 Å². The van der Waals surface area contributed by atoms with Crippen LogP contribution in [0.4, 0.5) is 0 Å². The summed E-state index contributed by atoms with van der Waals surface area (Å²) in [4.78, 5) is 15.2. The normalized spacial score (nSPS) is 13.2. The number of carbonyl (C=O) groups is 1. The van der Waals surface area contributed by atoms with Gasteiger partial charge < -0.3 is 20.4 Å². The Balaban J connectivity index is 2.08. The summed E-state index contributed by atoms with van der Waals surface area (Å²) in [5.41, 5.74) is 2.61. The van der Waals surface area contributed by atoms with Gasteiger partial charge in [-0.2, -0.15) is 0 Å². The first-order valence-corrected chi connectivity index (χ1v) is 10.3. The predicted octanol–water partition coefficient (Wildman–Crippen LogP) is 4.19. The molecule has 1 atom stereocenters. The summed E-state index contributed by atoms with van der Waals surface area (Å²) in [5.74, 6) is -4.29. The first kappa shape index (κ1) is 23.0. The van der Waals surface area contributed by atoms with Crippen LogP contribution in [0.1, 0.15) is 75.5 Å². The molecule has 0 saturated heterocycles. The van der Waals surface area contributed by atoms with Gasteiger partial charge in [-0.1, -0.05) is 56.5 Å². The van der Waals surface area contributed by atoms with Gasteiger partial charge in [-0.3, -0.25) is 4.98 Å². The number of aliphatic hydroxyl groups excluding tert-OH is 1. The number of aromatic nitrogens is 1. The van der Waals surface area contributed by atoms with E-state index in [1.807, 2.05) is 36.4 Å². The van der Waals surface area contributed by atoms with Gasteiger partial charge in [0, 0.05) is 18.0 Å². The Kier molecular flexibility index (Phi) is 8.76. The van der Waals surface area contributed by atoms with Crippen molar-refractivity contribution in [2.24, 2.45) is 0 Å². The summed E-state index contributed by atoms with van der Waals surface area (Å²) >= 11 is 0. The van der Waals surface area contributed by atoms with E-state index in [4.69, 9.17) is 5.11 Å². The maximum atomic E-state index is 10.8. The van der Waals surface area contributed by atoms with Crippen LogP contribution in [0.3, 0.4) is 0 Å². The lowest BCUT2D eigenvalue weighted by molar-refractivity contribution is -0.205. The predicted molar refractivity (Wildman–Crippen MR) is 113 cm³/mol. The summed E-state index contributed by atoms with van der Waals surface area (Å²) in [5, 5.41) is 39.1. The highest BCUT2D eigenvalue weighted by molar-refractivity contribution is 5.85. The van der Waals surface area contributed by atoms with Crippen molar-refractivity contribution >= 4 is 22.9 Å². The van der Waals surface area contributed by atoms with Crippen LogP contribution in [0.25, 0.3) is 17.0 Å². The van der Waals surface area contributed by atoms with Gasteiger partial charge in [-0.15, -0.1) is 0 Å². The second-order valence-corrected chi connectivity index (χ2v) is 7.43. The number of pyridine rings is 1. The number of carboxylic acids is 1. The number of nitrogens with zero attached hydrogens (tertiary/aromatic N) is 1. The molecule has 4 N–H and O–H groups in total. The number of hydrogen-bond acceptors (Lipinski definition) is 5. The molecule has 0 amide bonds. The van der Waals surface area contributed by atoms with Gasteiger partial charge in [-0.25, -0.2) is 4.79 Å². The van der Waals surface area contributed by atoms with E-state index in [0.717, 1.165) is 41.3 Å². The van der Waals surface area contributed by atoms with E-state index in [1.165, 1.54) is 0 Å². The summed E-state index contributed by atoms with van der Waals surface area (Å²) in [7, 11) is 0. The van der Waals surface area contributed by atoms with Crippen molar-refractivity contribution in [2.45, 2.75) is 70.2 Å². The molecule has 0 bridgehead atoms. The fraction of sp³-hybridized carbons (Fsp3) is 0.478. The monoisotopic (exact) mass is 401 g/mol. The van der Waals surface area contributed by atoms with Crippen LogP contribution in [-0.4, -0.2) is 37.2 Å². The van der Waals surface area contributed by atoms with Crippen LogP contribution < -0.4 is 0 Å². The molecule has 2 rings (SSSR count).